The summed E-state index contributed by atoms with van der Waals surface area (Å²) in [5.74, 6) is 0. The predicted octanol–water partition coefficient (Wildman–Crippen LogP) is 2.15. The van der Waals surface area contributed by atoms with Gasteiger partial charge in [-0.25, -0.2) is 0 Å². The van der Waals surface area contributed by atoms with Crippen LogP contribution < -0.4 is 0 Å². The first-order valence-electron chi connectivity index (χ1n) is 3.14. The van der Waals surface area contributed by atoms with E-state index in [4.69, 9.17) is 4.74 Å². The molecular formula is C8H14O. The average molecular weight is 126 g/mol. The highest BCUT2D eigenvalue weighted by atomic mass is 16.5. The smallest absolute Gasteiger partial charge is 0.0648 e. The average Bonchev–Trinajstić information content (AvgIpc) is 1.85. The summed E-state index contributed by atoms with van der Waals surface area (Å²) >= 11 is 0. The summed E-state index contributed by atoms with van der Waals surface area (Å²) in [5.41, 5.74) is 0. The molecule has 1 atom stereocenters. The molecule has 0 aliphatic carbocycles. The molecule has 0 unspecified atom stereocenters. The molecule has 0 aromatic carbocycles. The van der Waals surface area contributed by atoms with Crippen LogP contribution in [0.2, 0.25) is 0 Å². The molecule has 0 bridgehead atoms. The van der Waals surface area contributed by atoms with Crippen LogP contribution in [-0.4, -0.2) is 12.7 Å². The second-order valence-electron chi connectivity index (χ2n) is 1.96. The van der Waals surface area contributed by atoms with E-state index in [9.17, 15) is 0 Å². The van der Waals surface area contributed by atoms with E-state index in [1.807, 2.05) is 13.0 Å². The Bertz CT molecular complexity index is 86.6. The number of hydrogen-bond donors (Lipinski definition) is 0. The summed E-state index contributed by atoms with van der Waals surface area (Å²) in [6.07, 6.45) is 4.79. The van der Waals surface area contributed by atoms with E-state index in [0.717, 1.165) is 6.42 Å². The Morgan fingerprint density at radius 2 is 2.11 bits per heavy atom. The van der Waals surface area contributed by atoms with Crippen LogP contribution in [0.4, 0.5) is 0 Å². The van der Waals surface area contributed by atoms with Crippen LogP contribution in [0.1, 0.15) is 13.3 Å². The third-order valence-corrected chi connectivity index (χ3v) is 0.997. The lowest BCUT2D eigenvalue weighted by Crippen LogP contribution is -2.05. The Morgan fingerprint density at radius 1 is 1.44 bits per heavy atom. The van der Waals surface area contributed by atoms with E-state index < -0.39 is 0 Å². The van der Waals surface area contributed by atoms with Gasteiger partial charge >= 0.3 is 0 Å². The van der Waals surface area contributed by atoms with Gasteiger partial charge in [0.1, 0.15) is 0 Å². The van der Waals surface area contributed by atoms with Crippen molar-refractivity contribution in [2.24, 2.45) is 0 Å². The van der Waals surface area contributed by atoms with Crippen LogP contribution >= 0.6 is 0 Å². The molecule has 0 fully saturated rings. The number of hydrogen-bond acceptors (Lipinski definition) is 1. The van der Waals surface area contributed by atoms with E-state index in [0.29, 0.717) is 6.61 Å². The van der Waals surface area contributed by atoms with Crippen molar-refractivity contribution in [2.75, 3.05) is 6.61 Å². The second kappa shape index (κ2) is 5.57. The van der Waals surface area contributed by atoms with Gasteiger partial charge in [0.25, 0.3) is 0 Å². The van der Waals surface area contributed by atoms with Crippen molar-refractivity contribution in [3.8, 4) is 0 Å². The highest BCUT2D eigenvalue weighted by Gasteiger charge is 1.94. The molecule has 0 heterocycles. The molecule has 0 rings (SSSR count). The maximum atomic E-state index is 5.24. The molecule has 0 N–H and O–H groups in total. The van der Waals surface area contributed by atoms with Crippen LogP contribution in [0, 0.1) is 0 Å². The zero-order chi connectivity index (χ0) is 7.11. The summed E-state index contributed by atoms with van der Waals surface area (Å²) in [6, 6.07) is 0. The van der Waals surface area contributed by atoms with Crippen molar-refractivity contribution >= 4 is 0 Å². The molecule has 0 aliphatic rings. The standard InChI is InChI=1S/C8H14O/c1-4-6-8(3)9-7-5-2/h4-5,8H,1-2,6-7H2,3H3/t8-/m0/s1. The lowest BCUT2D eigenvalue weighted by Gasteiger charge is -2.06. The first-order chi connectivity index (χ1) is 4.31. The van der Waals surface area contributed by atoms with E-state index in [1.165, 1.54) is 0 Å². The molecule has 0 saturated heterocycles. The van der Waals surface area contributed by atoms with Crippen molar-refractivity contribution in [2.45, 2.75) is 19.4 Å². The molecule has 0 aromatic rings. The van der Waals surface area contributed by atoms with Gasteiger partial charge in [0.05, 0.1) is 12.7 Å². The van der Waals surface area contributed by atoms with Crippen molar-refractivity contribution in [1.82, 2.24) is 0 Å². The fourth-order valence-corrected chi connectivity index (χ4v) is 0.535. The summed E-state index contributed by atoms with van der Waals surface area (Å²) in [6.45, 7) is 9.80. The van der Waals surface area contributed by atoms with E-state index in [-0.39, 0.29) is 6.10 Å². The first kappa shape index (κ1) is 8.44. The Kier molecular flexibility index (Phi) is 5.23. The Balaban J connectivity index is 3.14. The van der Waals surface area contributed by atoms with E-state index in [1.54, 1.807) is 6.08 Å². The van der Waals surface area contributed by atoms with Gasteiger partial charge in [0.2, 0.25) is 0 Å². The van der Waals surface area contributed by atoms with E-state index in [2.05, 4.69) is 13.2 Å². The predicted molar refractivity (Wildman–Crippen MR) is 40.4 cm³/mol. The minimum Gasteiger partial charge on any atom is -0.374 e. The van der Waals surface area contributed by atoms with Gasteiger partial charge in [-0.3, -0.25) is 0 Å². The lowest BCUT2D eigenvalue weighted by atomic mass is 10.3. The zero-order valence-electron chi connectivity index (χ0n) is 5.97. The van der Waals surface area contributed by atoms with Gasteiger partial charge in [-0.1, -0.05) is 12.2 Å². The molecule has 1 nitrogen and oxygen atoms in total. The van der Waals surface area contributed by atoms with Gasteiger partial charge in [-0.15, -0.1) is 13.2 Å². The minimum atomic E-state index is 0.278. The van der Waals surface area contributed by atoms with Crippen LogP contribution in [0.3, 0.4) is 0 Å². The van der Waals surface area contributed by atoms with Crippen molar-refractivity contribution in [3.63, 3.8) is 0 Å². The third kappa shape index (κ3) is 5.31. The molecule has 0 radical (unpaired) electrons. The maximum Gasteiger partial charge on any atom is 0.0648 e. The molecule has 0 saturated carbocycles. The van der Waals surface area contributed by atoms with Crippen LogP contribution in [-0.2, 0) is 4.74 Å². The molecule has 52 valence electrons. The SMILES string of the molecule is C=CCO[C@@H](C)CC=C. The maximum absolute atomic E-state index is 5.24. The Labute approximate surface area is 57.0 Å². The van der Waals surface area contributed by atoms with Gasteiger partial charge in [0.15, 0.2) is 0 Å². The topological polar surface area (TPSA) is 9.23 Å². The highest BCUT2D eigenvalue weighted by Crippen LogP contribution is 1.96. The Hall–Kier alpha value is -0.560. The van der Waals surface area contributed by atoms with Gasteiger partial charge in [0, 0.05) is 0 Å². The first-order valence-corrected chi connectivity index (χ1v) is 3.14. The molecule has 1 heteroatoms. The molecule has 0 spiro atoms. The molecular weight excluding hydrogens is 112 g/mol. The lowest BCUT2D eigenvalue weighted by molar-refractivity contribution is 0.0909. The summed E-state index contributed by atoms with van der Waals surface area (Å²) in [5, 5.41) is 0. The van der Waals surface area contributed by atoms with Crippen molar-refractivity contribution in [1.29, 1.82) is 0 Å². The Morgan fingerprint density at radius 3 is 2.56 bits per heavy atom. The van der Waals surface area contributed by atoms with E-state index >= 15 is 0 Å². The molecule has 0 aromatic heterocycles. The van der Waals surface area contributed by atoms with Crippen LogP contribution in [0.5, 0.6) is 0 Å². The van der Waals surface area contributed by atoms with Crippen molar-refractivity contribution < 1.29 is 4.74 Å². The number of ether oxygens (including phenoxy) is 1. The molecule has 0 aliphatic heterocycles. The largest absolute Gasteiger partial charge is 0.374 e. The fourth-order valence-electron chi connectivity index (χ4n) is 0.535. The monoisotopic (exact) mass is 126 g/mol. The second-order valence-corrected chi connectivity index (χ2v) is 1.96. The summed E-state index contributed by atoms with van der Waals surface area (Å²) in [7, 11) is 0. The third-order valence-electron chi connectivity index (χ3n) is 0.997. The summed E-state index contributed by atoms with van der Waals surface area (Å²) in [4.78, 5) is 0. The number of rotatable bonds is 5. The molecule has 9 heavy (non-hydrogen) atoms. The normalized spacial score (nSPS) is 12.6. The van der Waals surface area contributed by atoms with Gasteiger partial charge < -0.3 is 4.74 Å². The molecule has 0 amide bonds. The highest BCUT2D eigenvalue weighted by molar-refractivity contribution is 4.72. The van der Waals surface area contributed by atoms with Crippen LogP contribution in [0.25, 0.3) is 0 Å². The van der Waals surface area contributed by atoms with Crippen molar-refractivity contribution in [3.05, 3.63) is 25.3 Å². The van der Waals surface area contributed by atoms with Crippen LogP contribution in [0.15, 0.2) is 25.3 Å². The summed E-state index contributed by atoms with van der Waals surface area (Å²) < 4.78 is 5.24. The fraction of sp³-hybridized carbons (Fsp3) is 0.500. The zero-order valence-corrected chi connectivity index (χ0v) is 5.97. The quantitative estimate of drug-likeness (QED) is 0.513. The minimum absolute atomic E-state index is 0.278. The van der Waals surface area contributed by atoms with Gasteiger partial charge in [-0.2, -0.15) is 0 Å². The van der Waals surface area contributed by atoms with Gasteiger partial charge in [-0.05, 0) is 13.3 Å².